The molecule has 2 aromatic rings. The number of nitrogens with one attached hydrogen (secondary N) is 1. The highest BCUT2D eigenvalue weighted by Gasteiger charge is 2.40. The fraction of sp³-hybridized carbons (Fsp3) is 0.421. The predicted molar refractivity (Wildman–Crippen MR) is 97.5 cm³/mol. The van der Waals surface area contributed by atoms with Crippen molar-refractivity contribution in [2.24, 2.45) is 11.7 Å². The number of aromatic nitrogens is 1. The molecule has 1 fully saturated rings. The van der Waals surface area contributed by atoms with E-state index in [1.54, 1.807) is 31.3 Å². The molecule has 1 aromatic carbocycles. The molecule has 3 atom stereocenters. The van der Waals surface area contributed by atoms with Crippen LogP contribution in [0.25, 0.3) is 10.8 Å². The van der Waals surface area contributed by atoms with E-state index in [1.807, 2.05) is 13.8 Å². The zero-order chi connectivity index (χ0) is 19.7. The van der Waals surface area contributed by atoms with Crippen molar-refractivity contribution in [3.63, 3.8) is 0 Å². The van der Waals surface area contributed by atoms with E-state index in [2.05, 4.69) is 10.3 Å². The minimum absolute atomic E-state index is 0.0807. The van der Waals surface area contributed by atoms with E-state index in [9.17, 15) is 14.0 Å². The SMILES string of the molecule is CC(C)Oc1cc2c(OCC3NC(=O)C(F)C3C)nccc2cc1C(N)=O. The summed E-state index contributed by atoms with van der Waals surface area (Å²) >= 11 is 0. The molecule has 2 amide bonds. The third-order valence-electron chi connectivity index (χ3n) is 4.53. The van der Waals surface area contributed by atoms with Crippen molar-refractivity contribution in [2.75, 3.05) is 6.61 Å². The number of alkyl halides is 1. The van der Waals surface area contributed by atoms with Gasteiger partial charge in [-0.15, -0.1) is 0 Å². The molecule has 0 saturated carbocycles. The van der Waals surface area contributed by atoms with Crippen LogP contribution in [0.5, 0.6) is 11.6 Å². The Morgan fingerprint density at radius 1 is 1.41 bits per heavy atom. The van der Waals surface area contributed by atoms with Gasteiger partial charge in [0, 0.05) is 17.5 Å². The van der Waals surface area contributed by atoms with Gasteiger partial charge in [0.1, 0.15) is 12.4 Å². The Balaban J connectivity index is 1.91. The molecule has 2 heterocycles. The molecular formula is C19H22FN3O4. The van der Waals surface area contributed by atoms with Crippen LogP contribution in [-0.2, 0) is 4.79 Å². The maximum absolute atomic E-state index is 13.7. The lowest BCUT2D eigenvalue weighted by Gasteiger charge is -2.18. The molecule has 1 aromatic heterocycles. The number of primary amides is 1. The lowest BCUT2D eigenvalue weighted by atomic mass is 10.0. The zero-order valence-electron chi connectivity index (χ0n) is 15.4. The molecule has 3 rings (SSSR count). The van der Waals surface area contributed by atoms with Crippen LogP contribution in [0.2, 0.25) is 0 Å². The van der Waals surface area contributed by atoms with E-state index in [-0.39, 0.29) is 18.3 Å². The van der Waals surface area contributed by atoms with E-state index in [0.717, 1.165) is 0 Å². The highest BCUT2D eigenvalue weighted by Crippen LogP contribution is 2.32. The van der Waals surface area contributed by atoms with Crippen molar-refractivity contribution >= 4 is 22.6 Å². The second-order valence-corrected chi connectivity index (χ2v) is 6.90. The Morgan fingerprint density at radius 2 is 2.15 bits per heavy atom. The molecule has 0 spiro atoms. The maximum atomic E-state index is 13.7. The van der Waals surface area contributed by atoms with Crippen LogP contribution < -0.4 is 20.5 Å². The van der Waals surface area contributed by atoms with Crippen molar-refractivity contribution < 1.29 is 23.5 Å². The third-order valence-corrected chi connectivity index (χ3v) is 4.53. The summed E-state index contributed by atoms with van der Waals surface area (Å²) in [4.78, 5) is 27.4. The summed E-state index contributed by atoms with van der Waals surface area (Å²) in [5.74, 6) is -1.06. The number of carbonyl (C=O) groups is 2. The van der Waals surface area contributed by atoms with Gasteiger partial charge in [-0.25, -0.2) is 9.37 Å². The zero-order valence-corrected chi connectivity index (χ0v) is 15.4. The second-order valence-electron chi connectivity index (χ2n) is 6.90. The van der Waals surface area contributed by atoms with Crippen molar-refractivity contribution in [2.45, 2.75) is 39.1 Å². The van der Waals surface area contributed by atoms with Gasteiger partial charge in [-0.2, -0.15) is 0 Å². The lowest BCUT2D eigenvalue weighted by molar-refractivity contribution is -0.123. The molecule has 0 radical (unpaired) electrons. The predicted octanol–water partition coefficient (Wildman–Crippen LogP) is 1.97. The van der Waals surface area contributed by atoms with Crippen molar-refractivity contribution in [3.8, 4) is 11.6 Å². The molecule has 1 aliphatic heterocycles. The highest BCUT2D eigenvalue weighted by molar-refractivity contribution is 6.01. The molecule has 1 aliphatic rings. The van der Waals surface area contributed by atoms with Gasteiger partial charge in [0.2, 0.25) is 5.88 Å². The number of benzene rings is 1. The van der Waals surface area contributed by atoms with Crippen molar-refractivity contribution in [3.05, 3.63) is 30.0 Å². The Hall–Kier alpha value is -2.90. The average molecular weight is 375 g/mol. The van der Waals surface area contributed by atoms with Crippen molar-refractivity contribution in [1.82, 2.24) is 10.3 Å². The number of pyridine rings is 1. The number of rotatable bonds is 6. The number of hydrogen-bond donors (Lipinski definition) is 2. The van der Waals surface area contributed by atoms with Crippen LogP contribution in [-0.4, -0.2) is 41.7 Å². The van der Waals surface area contributed by atoms with Gasteiger partial charge in [0.25, 0.3) is 11.8 Å². The number of nitrogens with two attached hydrogens (primary N) is 1. The summed E-state index contributed by atoms with van der Waals surface area (Å²) in [6.07, 6.45) is -0.152. The van der Waals surface area contributed by atoms with Crippen LogP contribution in [0.3, 0.4) is 0 Å². The molecule has 8 heteroatoms. The monoisotopic (exact) mass is 375 g/mol. The molecule has 7 nitrogen and oxygen atoms in total. The summed E-state index contributed by atoms with van der Waals surface area (Å²) in [6.45, 7) is 5.42. The first-order chi connectivity index (χ1) is 12.8. The van der Waals surface area contributed by atoms with Crippen LogP contribution in [0.1, 0.15) is 31.1 Å². The number of ether oxygens (including phenoxy) is 2. The average Bonchev–Trinajstić information content (AvgIpc) is 2.85. The molecule has 0 aliphatic carbocycles. The Morgan fingerprint density at radius 3 is 2.74 bits per heavy atom. The summed E-state index contributed by atoms with van der Waals surface area (Å²) < 4.78 is 25.2. The minimum atomic E-state index is -1.54. The summed E-state index contributed by atoms with van der Waals surface area (Å²) in [5, 5.41) is 3.92. The number of fused-ring (bicyclic) bond motifs is 1. The number of nitrogens with zero attached hydrogens (tertiary/aromatic N) is 1. The van der Waals surface area contributed by atoms with Crippen LogP contribution in [0.15, 0.2) is 24.4 Å². The second kappa shape index (κ2) is 7.38. The Kier molecular flexibility index (Phi) is 5.16. The highest BCUT2D eigenvalue weighted by atomic mass is 19.1. The van der Waals surface area contributed by atoms with Gasteiger partial charge in [-0.3, -0.25) is 9.59 Å². The summed E-state index contributed by atoms with van der Waals surface area (Å²) in [7, 11) is 0. The minimum Gasteiger partial charge on any atom is -0.490 e. The number of hydrogen-bond acceptors (Lipinski definition) is 5. The maximum Gasteiger partial charge on any atom is 0.255 e. The topological polar surface area (TPSA) is 104 Å². The molecule has 27 heavy (non-hydrogen) atoms. The van der Waals surface area contributed by atoms with Crippen LogP contribution in [0, 0.1) is 5.92 Å². The smallest absolute Gasteiger partial charge is 0.255 e. The fourth-order valence-corrected chi connectivity index (χ4v) is 3.03. The van der Waals surface area contributed by atoms with E-state index in [1.165, 1.54) is 0 Å². The molecule has 0 bridgehead atoms. The number of halogens is 1. The van der Waals surface area contributed by atoms with Gasteiger partial charge in [-0.1, -0.05) is 6.92 Å². The summed E-state index contributed by atoms with van der Waals surface area (Å²) in [6, 6.07) is 4.57. The van der Waals surface area contributed by atoms with Crippen molar-refractivity contribution in [1.29, 1.82) is 0 Å². The first-order valence-corrected chi connectivity index (χ1v) is 8.74. The molecule has 3 unspecified atom stereocenters. The Bertz CT molecular complexity index is 887. The lowest BCUT2D eigenvalue weighted by Crippen LogP contribution is -2.34. The standard InChI is InChI=1S/C19H22FN3O4/c1-9(2)27-15-7-12-11(6-13(15)17(21)24)4-5-22-19(12)26-8-14-10(3)16(20)18(25)23-14/h4-7,9-10,14,16H,8H2,1-3H3,(H2,21,24)(H,23,25). The third kappa shape index (κ3) is 3.79. The fourth-order valence-electron chi connectivity index (χ4n) is 3.03. The first kappa shape index (κ1) is 18.9. The van der Waals surface area contributed by atoms with E-state index >= 15 is 0 Å². The molecule has 3 N–H and O–H groups in total. The molecular weight excluding hydrogens is 353 g/mol. The van der Waals surface area contributed by atoms with Crippen LogP contribution >= 0.6 is 0 Å². The number of amides is 2. The van der Waals surface area contributed by atoms with E-state index in [0.29, 0.717) is 22.4 Å². The van der Waals surface area contributed by atoms with Gasteiger partial charge < -0.3 is 20.5 Å². The van der Waals surface area contributed by atoms with Gasteiger partial charge in [0.05, 0.1) is 17.7 Å². The number of carbonyl (C=O) groups excluding carboxylic acids is 2. The van der Waals surface area contributed by atoms with E-state index < -0.39 is 29.9 Å². The molecule has 144 valence electrons. The van der Waals surface area contributed by atoms with Gasteiger partial charge in [0.15, 0.2) is 6.17 Å². The van der Waals surface area contributed by atoms with Crippen LogP contribution in [0.4, 0.5) is 4.39 Å². The summed E-state index contributed by atoms with van der Waals surface area (Å²) in [5.41, 5.74) is 5.73. The first-order valence-electron chi connectivity index (χ1n) is 8.74. The van der Waals surface area contributed by atoms with Gasteiger partial charge >= 0.3 is 0 Å². The molecule has 1 saturated heterocycles. The largest absolute Gasteiger partial charge is 0.490 e. The normalized spacial score (nSPS) is 22.1. The quantitative estimate of drug-likeness (QED) is 0.803. The van der Waals surface area contributed by atoms with Gasteiger partial charge in [-0.05, 0) is 37.4 Å². The van der Waals surface area contributed by atoms with E-state index in [4.69, 9.17) is 15.2 Å². The Labute approximate surface area is 156 Å².